The van der Waals surface area contributed by atoms with E-state index in [2.05, 4.69) is 38.7 Å². The molecule has 0 aromatic rings. The molecule has 0 amide bonds. The molecule has 0 radical (unpaired) electrons. The Balaban J connectivity index is 4.52. The molecule has 0 aliphatic heterocycles. The van der Waals surface area contributed by atoms with Crippen LogP contribution in [0.3, 0.4) is 0 Å². The van der Waals surface area contributed by atoms with Crippen LogP contribution in [0, 0.1) is 0 Å². The summed E-state index contributed by atoms with van der Waals surface area (Å²) in [4.78, 5) is 32.4. The van der Waals surface area contributed by atoms with Gasteiger partial charge in [-0.2, -0.15) is 0 Å². The van der Waals surface area contributed by atoms with E-state index >= 15 is 0 Å². The molecule has 0 saturated carbocycles. The van der Waals surface area contributed by atoms with Gasteiger partial charge in [-0.05, 0) is 0 Å². The van der Waals surface area contributed by atoms with Crippen molar-refractivity contribution >= 4 is 18.5 Å². The predicted molar refractivity (Wildman–Crippen MR) is 67.0 cm³/mol. The Morgan fingerprint density at radius 1 is 1.10 bits per heavy atom. The van der Waals surface area contributed by atoms with Crippen LogP contribution in [-0.2, 0) is 23.7 Å². The second-order valence-corrected chi connectivity index (χ2v) is 3.23. The van der Waals surface area contributed by atoms with Gasteiger partial charge in [-0.25, -0.2) is 14.4 Å². The monoisotopic (exact) mass is 302 g/mol. The highest BCUT2D eigenvalue weighted by atomic mass is 16.7. The molecule has 0 fully saturated rings. The Kier molecular flexibility index (Phi) is 8.50. The Bertz CT molecular complexity index is 426. The quantitative estimate of drug-likeness (QED) is 0.410. The first-order valence-corrected chi connectivity index (χ1v) is 5.40. The first-order valence-electron chi connectivity index (χ1n) is 5.40. The van der Waals surface area contributed by atoms with Crippen molar-refractivity contribution in [2.24, 2.45) is 0 Å². The van der Waals surface area contributed by atoms with Gasteiger partial charge in [-0.1, -0.05) is 19.7 Å². The maximum Gasteiger partial charge on any atom is 0.513 e. The molecule has 0 aliphatic rings. The van der Waals surface area contributed by atoms with Gasteiger partial charge in [-0.3, -0.25) is 0 Å². The molecule has 1 atom stereocenters. The average Bonchev–Trinajstić information content (AvgIpc) is 2.35. The van der Waals surface area contributed by atoms with Crippen LogP contribution in [0.15, 0.2) is 38.0 Å². The maximum absolute atomic E-state index is 11.1. The molecule has 0 saturated heterocycles. The summed E-state index contributed by atoms with van der Waals surface area (Å²) in [5.41, 5.74) is 0. The topological polar surface area (TPSA) is 118 Å². The molecule has 0 aromatic heterocycles. The summed E-state index contributed by atoms with van der Waals surface area (Å²) in [6.07, 6.45) is -3.47. The van der Waals surface area contributed by atoms with Gasteiger partial charge >= 0.3 is 18.5 Å². The van der Waals surface area contributed by atoms with Crippen molar-refractivity contribution in [2.75, 3.05) is 6.61 Å². The molecule has 0 aliphatic carbocycles. The van der Waals surface area contributed by atoms with Gasteiger partial charge in [0.15, 0.2) is 0 Å². The van der Waals surface area contributed by atoms with Crippen LogP contribution in [0.1, 0.15) is 6.42 Å². The highest BCUT2D eigenvalue weighted by Crippen LogP contribution is 2.11. The number of carboxylic acid groups (broad SMARTS) is 1. The zero-order chi connectivity index (χ0) is 16.3. The van der Waals surface area contributed by atoms with Gasteiger partial charge < -0.3 is 28.8 Å². The van der Waals surface area contributed by atoms with Crippen LogP contribution in [-0.4, -0.2) is 36.3 Å². The van der Waals surface area contributed by atoms with E-state index < -0.39 is 31.2 Å². The molecule has 0 aromatic carbocycles. The van der Waals surface area contributed by atoms with Crippen LogP contribution < -0.4 is 0 Å². The first-order chi connectivity index (χ1) is 9.88. The van der Waals surface area contributed by atoms with Crippen LogP contribution in [0.2, 0.25) is 0 Å². The van der Waals surface area contributed by atoms with Crippen molar-refractivity contribution in [3.05, 3.63) is 38.0 Å². The summed E-state index contributed by atoms with van der Waals surface area (Å²) in [7, 11) is 0. The third-order valence-electron chi connectivity index (χ3n) is 1.70. The van der Waals surface area contributed by atoms with Crippen molar-refractivity contribution in [1.29, 1.82) is 0 Å². The fourth-order valence-corrected chi connectivity index (χ4v) is 1.05. The first kappa shape index (κ1) is 18.0. The number of hydrogen-bond acceptors (Lipinski definition) is 8. The Hall–Kier alpha value is -2.97. The van der Waals surface area contributed by atoms with Crippen molar-refractivity contribution in [1.82, 2.24) is 0 Å². The number of ether oxygens (including phenoxy) is 5. The number of hydrogen-bond donors (Lipinski definition) is 1. The lowest BCUT2D eigenvalue weighted by atomic mass is 10.2. The standard InChI is InChI=1S/C12H14O9/c1-4-17-11(15)19-7-9(21-12(16)18-5-2)6-8(3)20-10(13)14/h4-5,9H,1-3,6-7H2,(H,13,14). The minimum Gasteiger partial charge on any atom is -0.449 e. The summed E-state index contributed by atoms with van der Waals surface area (Å²) in [5, 5.41) is 8.41. The van der Waals surface area contributed by atoms with Crippen molar-refractivity contribution < 1.29 is 43.2 Å². The molecular weight excluding hydrogens is 288 g/mol. The maximum atomic E-state index is 11.1. The summed E-state index contributed by atoms with van der Waals surface area (Å²) in [6, 6.07) is 0. The minimum absolute atomic E-state index is 0.223. The summed E-state index contributed by atoms with van der Waals surface area (Å²) < 4.78 is 22.2. The van der Waals surface area contributed by atoms with Crippen molar-refractivity contribution in [3.63, 3.8) is 0 Å². The molecule has 0 bridgehead atoms. The molecule has 9 nitrogen and oxygen atoms in total. The largest absolute Gasteiger partial charge is 0.513 e. The zero-order valence-corrected chi connectivity index (χ0v) is 11.0. The zero-order valence-electron chi connectivity index (χ0n) is 11.0. The van der Waals surface area contributed by atoms with Gasteiger partial charge in [0.1, 0.15) is 18.5 Å². The van der Waals surface area contributed by atoms with E-state index in [1.165, 1.54) is 0 Å². The summed E-state index contributed by atoms with van der Waals surface area (Å²) in [5.74, 6) is -0.223. The Morgan fingerprint density at radius 3 is 2.19 bits per heavy atom. The highest BCUT2D eigenvalue weighted by molar-refractivity contribution is 5.62. The fourth-order valence-electron chi connectivity index (χ4n) is 1.05. The highest BCUT2D eigenvalue weighted by Gasteiger charge is 2.21. The van der Waals surface area contributed by atoms with E-state index in [0.29, 0.717) is 0 Å². The second kappa shape index (κ2) is 9.89. The smallest absolute Gasteiger partial charge is 0.449 e. The summed E-state index contributed by atoms with van der Waals surface area (Å²) >= 11 is 0. The lowest BCUT2D eigenvalue weighted by molar-refractivity contribution is -0.00286. The van der Waals surface area contributed by atoms with Gasteiger partial charge in [0.2, 0.25) is 0 Å². The predicted octanol–water partition coefficient (Wildman–Crippen LogP) is 2.55. The second-order valence-electron chi connectivity index (χ2n) is 3.23. The van der Waals surface area contributed by atoms with E-state index in [4.69, 9.17) is 9.84 Å². The molecule has 9 heteroatoms. The minimum atomic E-state index is -1.58. The van der Waals surface area contributed by atoms with Gasteiger partial charge in [0.05, 0.1) is 12.5 Å². The number of carbonyl (C=O) groups excluding carboxylic acids is 2. The van der Waals surface area contributed by atoms with Crippen LogP contribution in [0.4, 0.5) is 14.4 Å². The SMILES string of the molecule is C=COC(=O)OCC(CC(=C)OC(=O)O)OC(=O)OC=C. The fraction of sp³-hybridized carbons (Fsp3) is 0.250. The van der Waals surface area contributed by atoms with Crippen LogP contribution >= 0.6 is 0 Å². The summed E-state index contributed by atoms with van der Waals surface area (Å²) in [6.45, 7) is 9.15. The van der Waals surface area contributed by atoms with E-state index in [1.54, 1.807) is 0 Å². The molecule has 21 heavy (non-hydrogen) atoms. The van der Waals surface area contributed by atoms with Crippen molar-refractivity contribution in [2.45, 2.75) is 12.5 Å². The van der Waals surface area contributed by atoms with Crippen LogP contribution in [0.5, 0.6) is 0 Å². The Labute approximate surface area is 120 Å². The molecule has 1 unspecified atom stereocenters. The lowest BCUT2D eigenvalue weighted by Gasteiger charge is -2.17. The van der Waals surface area contributed by atoms with Gasteiger partial charge in [0, 0.05) is 6.42 Å². The lowest BCUT2D eigenvalue weighted by Crippen LogP contribution is -2.26. The third-order valence-corrected chi connectivity index (χ3v) is 1.70. The third kappa shape index (κ3) is 9.59. The van der Waals surface area contributed by atoms with E-state index in [9.17, 15) is 14.4 Å². The normalized spacial score (nSPS) is 10.5. The van der Waals surface area contributed by atoms with Gasteiger partial charge in [-0.15, -0.1) is 0 Å². The molecular formula is C12H14O9. The Morgan fingerprint density at radius 2 is 1.67 bits per heavy atom. The number of carbonyl (C=O) groups is 3. The van der Waals surface area contributed by atoms with E-state index in [-0.39, 0.29) is 12.2 Å². The molecule has 1 N–H and O–H groups in total. The van der Waals surface area contributed by atoms with Gasteiger partial charge in [0.25, 0.3) is 0 Å². The van der Waals surface area contributed by atoms with E-state index in [1.807, 2.05) is 0 Å². The average molecular weight is 302 g/mol. The van der Waals surface area contributed by atoms with Crippen molar-refractivity contribution in [3.8, 4) is 0 Å². The van der Waals surface area contributed by atoms with Crippen LogP contribution in [0.25, 0.3) is 0 Å². The molecule has 116 valence electrons. The van der Waals surface area contributed by atoms with E-state index in [0.717, 1.165) is 12.5 Å². The molecule has 0 spiro atoms. The number of rotatable bonds is 8. The molecule has 0 heterocycles. The molecule has 0 rings (SSSR count).